The molecule has 4 N–H and O–H groups in total. The van der Waals surface area contributed by atoms with Gasteiger partial charge in [0, 0.05) is 30.2 Å². The number of aromatic nitrogens is 1. The van der Waals surface area contributed by atoms with Crippen LogP contribution in [-0.4, -0.2) is 35.3 Å². The Balaban J connectivity index is 1.81. The van der Waals surface area contributed by atoms with Crippen molar-refractivity contribution in [3.8, 4) is 0 Å². The van der Waals surface area contributed by atoms with Crippen LogP contribution in [0.1, 0.15) is 24.5 Å². The molecule has 1 heterocycles. The van der Waals surface area contributed by atoms with Gasteiger partial charge in [-0.3, -0.25) is 0 Å². The first-order valence-corrected chi connectivity index (χ1v) is 7.33. The van der Waals surface area contributed by atoms with Gasteiger partial charge < -0.3 is 20.7 Å². The first-order chi connectivity index (χ1) is 10.1. The fourth-order valence-corrected chi connectivity index (χ4v) is 2.42. The highest BCUT2D eigenvalue weighted by Crippen LogP contribution is 2.22. The van der Waals surface area contributed by atoms with Crippen LogP contribution >= 0.6 is 0 Å². The van der Waals surface area contributed by atoms with Gasteiger partial charge in [0.05, 0.1) is 6.10 Å². The summed E-state index contributed by atoms with van der Waals surface area (Å²) in [6.07, 6.45) is 2.97. The lowest BCUT2D eigenvalue weighted by molar-refractivity contribution is 0.183. The Kier molecular flexibility index (Phi) is 5.22. The maximum Gasteiger partial charge on any atom is 0.314 e. The molecule has 2 rings (SSSR count). The van der Waals surface area contributed by atoms with Crippen molar-refractivity contribution < 1.29 is 9.90 Å². The maximum atomic E-state index is 11.6. The van der Waals surface area contributed by atoms with E-state index in [1.54, 1.807) is 6.92 Å². The number of benzene rings is 1. The molecule has 2 aromatic rings. The topological polar surface area (TPSA) is 77.2 Å². The molecular weight excluding hydrogens is 266 g/mol. The number of H-pyrrole nitrogens is 1. The molecule has 1 aromatic heterocycles. The highest BCUT2D eigenvalue weighted by atomic mass is 16.3. The third kappa shape index (κ3) is 4.23. The van der Waals surface area contributed by atoms with E-state index < -0.39 is 0 Å². The molecule has 5 heteroatoms. The number of hydrogen-bond donors (Lipinski definition) is 4. The lowest BCUT2D eigenvalue weighted by Gasteiger charge is -2.08. The van der Waals surface area contributed by atoms with E-state index in [-0.39, 0.29) is 12.1 Å². The number of carbonyl (C=O) groups is 1. The second kappa shape index (κ2) is 7.13. The standard InChI is InChI=1S/C16H23N3O2/c1-11-4-3-5-14-15(11)13(10-19-14)7-9-18-16(21)17-8-6-12(2)20/h3-5,10,12,19-20H,6-9H2,1-2H3,(H2,17,18,21). The van der Waals surface area contributed by atoms with Crippen LogP contribution in [-0.2, 0) is 6.42 Å². The Bertz CT molecular complexity index is 605. The minimum atomic E-state index is -0.389. The molecule has 0 radical (unpaired) electrons. The second-order valence-corrected chi connectivity index (χ2v) is 5.38. The number of aryl methyl sites for hydroxylation is 1. The predicted octanol–water partition coefficient (Wildman–Crippen LogP) is 2.09. The lowest BCUT2D eigenvalue weighted by atomic mass is 10.1. The third-order valence-corrected chi connectivity index (χ3v) is 3.52. The van der Waals surface area contributed by atoms with Crippen molar-refractivity contribution in [3.05, 3.63) is 35.5 Å². The highest BCUT2D eigenvalue weighted by Gasteiger charge is 2.06. The highest BCUT2D eigenvalue weighted by molar-refractivity contribution is 5.86. The largest absolute Gasteiger partial charge is 0.393 e. The fraction of sp³-hybridized carbons (Fsp3) is 0.438. The van der Waals surface area contributed by atoms with Crippen LogP contribution in [0.15, 0.2) is 24.4 Å². The zero-order valence-electron chi connectivity index (χ0n) is 12.6. The summed E-state index contributed by atoms with van der Waals surface area (Å²) in [5, 5.41) is 15.9. The lowest BCUT2D eigenvalue weighted by Crippen LogP contribution is -2.37. The van der Waals surface area contributed by atoms with Gasteiger partial charge in [-0.2, -0.15) is 0 Å². The number of fused-ring (bicyclic) bond motifs is 1. The Labute approximate surface area is 124 Å². The van der Waals surface area contributed by atoms with Crippen LogP contribution in [0.25, 0.3) is 10.9 Å². The first-order valence-electron chi connectivity index (χ1n) is 7.33. The summed E-state index contributed by atoms with van der Waals surface area (Å²) < 4.78 is 0. The summed E-state index contributed by atoms with van der Waals surface area (Å²) in [5.41, 5.74) is 3.59. The summed E-state index contributed by atoms with van der Waals surface area (Å²) in [6.45, 7) is 4.87. The van der Waals surface area contributed by atoms with E-state index in [2.05, 4.69) is 34.7 Å². The summed E-state index contributed by atoms with van der Waals surface area (Å²) in [5.74, 6) is 0. The van der Waals surface area contributed by atoms with E-state index in [1.807, 2.05) is 12.3 Å². The molecule has 0 bridgehead atoms. The van der Waals surface area contributed by atoms with Crippen molar-refractivity contribution in [1.29, 1.82) is 0 Å². The number of amides is 2. The average Bonchev–Trinajstić information content (AvgIpc) is 2.83. The average molecular weight is 289 g/mol. The van der Waals surface area contributed by atoms with Gasteiger partial charge >= 0.3 is 6.03 Å². The quantitative estimate of drug-likeness (QED) is 0.657. The molecule has 1 aromatic carbocycles. The van der Waals surface area contributed by atoms with Gasteiger partial charge in [-0.15, -0.1) is 0 Å². The van der Waals surface area contributed by atoms with Gasteiger partial charge in [-0.05, 0) is 43.9 Å². The molecule has 114 valence electrons. The molecular formula is C16H23N3O2. The molecule has 0 spiro atoms. The number of carbonyl (C=O) groups excluding carboxylic acids is 1. The summed E-state index contributed by atoms with van der Waals surface area (Å²) in [7, 11) is 0. The fourth-order valence-electron chi connectivity index (χ4n) is 2.42. The van der Waals surface area contributed by atoms with E-state index >= 15 is 0 Å². The number of aliphatic hydroxyl groups is 1. The van der Waals surface area contributed by atoms with E-state index in [0.717, 1.165) is 11.9 Å². The number of nitrogens with one attached hydrogen (secondary N) is 3. The Morgan fingerprint density at radius 3 is 2.86 bits per heavy atom. The molecule has 0 saturated carbocycles. The Morgan fingerprint density at radius 1 is 1.33 bits per heavy atom. The summed E-state index contributed by atoms with van der Waals surface area (Å²) in [4.78, 5) is 14.8. The molecule has 1 atom stereocenters. The van der Waals surface area contributed by atoms with Crippen LogP contribution in [0.2, 0.25) is 0 Å². The molecule has 0 aliphatic heterocycles. The third-order valence-electron chi connectivity index (χ3n) is 3.52. The molecule has 21 heavy (non-hydrogen) atoms. The first kappa shape index (κ1) is 15.4. The Hall–Kier alpha value is -2.01. The number of rotatable bonds is 6. The van der Waals surface area contributed by atoms with Gasteiger partial charge in [0.15, 0.2) is 0 Å². The van der Waals surface area contributed by atoms with Crippen LogP contribution in [0.4, 0.5) is 4.79 Å². The minimum Gasteiger partial charge on any atom is -0.393 e. The van der Waals surface area contributed by atoms with E-state index in [0.29, 0.717) is 19.5 Å². The van der Waals surface area contributed by atoms with Gasteiger partial charge in [-0.1, -0.05) is 12.1 Å². The van der Waals surface area contributed by atoms with Gasteiger partial charge in [0.25, 0.3) is 0 Å². The zero-order valence-corrected chi connectivity index (χ0v) is 12.6. The summed E-state index contributed by atoms with van der Waals surface area (Å²) >= 11 is 0. The molecule has 0 aliphatic carbocycles. The minimum absolute atomic E-state index is 0.188. The van der Waals surface area contributed by atoms with Crippen LogP contribution in [0, 0.1) is 6.92 Å². The monoisotopic (exact) mass is 289 g/mol. The predicted molar refractivity (Wildman–Crippen MR) is 84.4 cm³/mol. The number of aliphatic hydroxyl groups excluding tert-OH is 1. The normalized spacial score (nSPS) is 12.3. The molecule has 0 fully saturated rings. The molecule has 2 amide bonds. The van der Waals surface area contributed by atoms with Crippen LogP contribution in [0.5, 0.6) is 0 Å². The van der Waals surface area contributed by atoms with Crippen molar-refractivity contribution in [3.63, 3.8) is 0 Å². The van der Waals surface area contributed by atoms with E-state index in [9.17, 15) is 4.79 Å². The molecule has 5 nitrogen and oxygen atoms in total. The maximum absolute atomic E-state index is 11.6. The van der Waals surface area contributed by atoms with E-state index in [1.165, 1.54) is 16.5 Å². The van der Waals surface area contributed by atoms with Crippen molar-refractivity contribution in [2.45, 2.75) is 32.8 Å². The molecule has 0 aliphatic rings. The number of urea groups is 1. The number of hydrogen-bond acceptors (Lipinski definition) is 2. The van der Waals surface area contributed by atoms with Crippen molar-refractivity contribution in [1.82, 2.24) is 15.6 Å². The van der Waals surface area contributed by atoms with Crippen molar-refractivity contribution >= 4 is 16.9 Å². The van der Waals surface area contributed by atoms with Gasteiger partial charge in [0.1, 0.15) is 0 Å². The smallest absolute Gasteiger partial charge is 0.314 e. The molecule has 1 unspecified atom stereocenters. The SMILES string of the molecule is Cc1cccc2[nH]cc(CCNC(=O)NCCC(C)O)c12. The Morgan fingerprint density at radius 2 is 2.10 bits per heavy atom. The second-order valence-electron chi connectivity index (χ2n) is 5.38. The van der Waals surface area contributed by atoms with Gasteiger partial charge in [0.2, 0.25) is 0 Å². The van der Waals surface area contributed by atoms with Gasteiger partial charge in [-0.25, -0.2) is 4.79 Å². The zero-order chi connectivity index (χ0) is 15.2. The number of aromatic amines is 1. The summed E-state index contributed by atoms with van der Waals surface area (Å²) in [6, 6.07) is 6.00. The molecule has 0 saturated heterocycles. The van der Waals surface area contributed by atoms with Crippen molar-refractivity contribution in [2.75, 3.05) is 13.1 Å². The van der Waals surface area contributed by atoms with Crippen molar-refractivity contribution in [2.24, 2.45) is 0 Å². The van der Waals surface area contributed by atoms with Crippen LogP contribution in [0.3, 0.4) is 0 Å². The van der Waals surface area contributed by atoms with Crippen LogP contribution < -0.4 is 10.6 Å². The van der Waals surface area contributed by atoms with E-state index in [4.69, 9.17) is 5.11 Å².